The lowest BCUT2D eigenvalue weighted by atomic mass is 10.1. The molecule has 1 amide bonds. The normalized spacial score (nSPS) is 14.4. The highest BCUT2D eigenvalue weighted by Gasteiger charge is 2.34. The fourth-order valence-electron chi connectivity index (χ4n) is 4.84. The summed E-state index contributed by atoms with van der Waals surface area (Å²) in [4.78, 5) is 27.9. The van der Waals surface area contributed by atoms with Crippen molar-refractivity contribution in [2.24, 2.45) is 0 Å². The average molecular weight is 613 g/mol. The number of aromatic nitrogens is 5. The Morgan fingerprint density at radius 1 is 1.19 bits per heavy atom. The number of aryl methyl sites for hydroxylation is 1. The number of halogens is 1. The molecule has 0 saturated heterocycles. The minimum Gasteiger partial charge on any atom is -0.443 e. The van der Waals surface area contributed by atoms with Crippen LogP contribution in [0.5, 0.6) is 0 Å². The maximum atomic E-state index is 13.9. The number of hydrogen-bond donors (Lipinski definition) is 1. The zero-order valence-corrected chi connectivity index (χ0v) is 24.8. The number of carbonyl (C=O) groups is 2. The molecule has 1 aliphatic rings. The molecule has 13 nitrogen and oxygen atoms in total. The third kappa shape index (κ3) is 5.89. The molecular formula is C27H29ClN8O5S. The fourth-order valence-corrected chi connectivity index (χ4v) is 6.81. The van der Waals surface area contributed by atoms with Crippen LogP contribution in [0.2, 0.25) is 5.02 Å². The number of carbonyl (C=O) groups excluding carboxylic acids is 2. The van der Waals surface area contributed by atoms with Gasteiger partial charge in [0.05, 0.1) is 17.1 Å². The molecule has 4 aromatic rings. The Kier molecular flexibility index (Phi) is 7.84. The second kappa shape index (κ2) is 11.2. The molecule has 42 heavy (non-hydrogen) atoms. The van der Waals surface area contributed by atoms with Gasteiger partial charge in [-0.15, -0.1) is 10.2 Å². The summed E-state index contributed by atoms with van der Waals surface area (Å²) in [5, 5.41) is 17.4. The summed E-state index contributed by atoms with van der Waals surface area (Å²) >= 11 is 6.44. The average Bonchev–Trinajstić information content (AvgIpc) is 3.68. The minimum atomic E-state index is -4.41. The first-order chi connectivity index (χ1) is 19.9. The number of benzene rings is 1. The molecule has 0 fully saturated rings. The Labute approximate surface area is 247 Å². The number of sulfonamides is 1. The Hall–Kier alpha value is -4.19. The number of nitrogens with one attached hydrogen (secondary N) is 1. The highest BCUT2D eigenvalue weighted by molar-refractivity contribution is 7.90. The minimum absolute atomic E-state index is 0.0527. The van der Waals surface area contributed by atoms with Crippen molar-refractivity contribution >= 4 is 44.5 Å². The summed E-state index contributed by atoms with van der Waals surface area (Å²) in [6, 6.07) is 8.60. The smallest absolute Gasteiger partial charge is 0.418 e. The first-order valence-electron chi connectivity index (χ1n) is 13.1. The van der Waals surface area contributed by atoms with Crippen LogP contribution >= 0.6 is 11.6 Å². The van der Waals surface area contributed by atoms with E-state index in [0.717, 1.165) is 0 Å². The molecule has 1 N–H and O–H groups in total. The maximum absolute atomic E-state index is 13.9. The molecule has 1 unspecified atom stereocenters. The highest BCUT2D eigenvalue weighted by Crippen LogP contribution is 2.32. The van der Waals surface area contributed by atoms with Crippen LogP contribution < -0.4 is 4.72 Å². The lowest BCUT2D eigenvalue weighted by molar-refractivity contribution is -0.134. The summed E-state index contributed by atoms with van der Waals surface area (Å²) in [5.41, 5.74) is -0.110. The summed E-state index contributed by atoms with van der Waals surface area (Å²) in [6.45, 7) is 6.35. The van der Waals surface area contributed by atoms with E-state index < -0.39 is 33.7 Å². The fraction of sp³-hybridized carbons (Fsp3) is 0.370. The molecular weight excluding hydrogens is 584 g/mol. The van der Waals surface area contributed by atoms with Crippen molar-refractivity contribution in [1.82, 2.24) is 33.5 Å². The molecule has 4 heterocycles. The number of nitrogens with zero attached hydrogens (tertiary/aromatic N) is 7. The molecule has 1 aromatic carbocycles. The lowest BCUT2D eigenvalue weighted by Crippen LogP contribution is -2.50. The van der Waals surface area contributed by atoms with Gasteiger partial charge < -0.3 is 18.8 Å². The van der Waals surface area contributed by atoms with Crippen molar-refractivity contribution in [2.45, 2.75) is 63.4 Å². The first kappa shape index (κ1) is 29.3. The number of hydrogen-bond acceptors (Lipinski definition) is 8. The van der Waals surface area contributed by atoms with E-state index in [1.54, 1.807) is 50.0 Å². The van der Waals surface area contributed by atoms with E-state index in [0.29, 0.717) is 24.6 Å². The molecule has 0 spiro atoms. The first-order valence-corrected chi connectivity index (χ1v) is 15.0. The molecule has 15 heteroatoms. The van der Waals surface area contributed by atoms with Crippen LogP contribution in [0, 0.1) is 11.3 Å². The Bertz CT molecular complexity index is 1810. The third-order valence-electron chi connectivity index (χ3n) is 6.78. The van der Waals surface area contributed by atoms with Gasteiger partial charge in [-0.1, -0.05) is 11.6 Å². The molecule has 0 radical (unpaired) electrons. The molecule has 3 aromatic heterocycles. The van der Waals surface area contributed by atoms with Gasteiger partial charge in [0.15, 0.2) is 5.82 Å². The van der Waals surface area contributed by atoms with Crippen LogP contribution in [0.3, 0.4) is 0 Å². The quantitative estimate of drug-likeness (QED) is 0.333. The van der Waals surface area contributed by atoms with Gasteiger partial charge in [0.2, 0.25) is 15.9 Å². The van der Waals surface area contributed by atoms with Crippen LogP contribution in [-0.2, 0) is 39.2 Å². The predicted octanol–water partition coefficient (Wildman–Crippen LogP) is 3.12. The van der Waals surface area contributed by atoms with Gasteiger partial charge in [-0.3, -0.25) is 9.36 Å². The molecule has 1 atom stereocenters. The molecule has 0 saturated carbocycles. The van der Waals surface area contributed by atoms with Crippen molar-refractivity contribution in [3.63, 3.8) is 0 Å². The Morgan fingerprint density at radius 2 is 1.98 bits per heavy atom. The van der Waals surface area contributed by atoms with Crippen LogP contribution in [0.15, 0.2) is 53.9 Å². The second-order valence-electron chi connectivity index (χ2n) is 10.8. The summed E-state index contributed by atoms with van der Waals surface area (Å²) in [7, 11) is -4.41. The monoisotopic (exact) mass is 612 g/mol. The summed E-state index contributed by atoms with van der Waals surface area (Å²) in [6.07, 6.45) is 4.06. The molecule has 1 aliphatic heterocycles. The van der Waals surface area contributed by atoms with E-state index >= 15 is 0 Å². The molecule has 0 aliphatic carbocycles. The van der Waals surface area contributed by atoms with E-state index in [-0.39, 0.29) is 40.3 Å². The van der Waals surface area contributed by atoms with Crippen molar-refractivity contribution in [2.75, 3.05) is 6.54 Å². The Balaban J connectivity index is 1.48. The largest absolute Gasteiger partial charge is 0.443 e. The van der Waals surface area contributed by atoms with E-state index in [9.17, 15) is 23.3 Å². The van der Waals surface area contributed by atoms with Gasteiger partial charge in [0.25, 0.3) is 0 Å². The molecule has 220 valence electrons. The second-order valence-corrected chi connectivity index (χ2v) is 12.9. The van der Waals surface area contributed by atoms with Gasteiger partial charge in [-0.2, -0.15) is 9.98 Å². The zero-order chi connectivity index (χ0) is 30.2. The van der Waals surface area contributed by atoms with E-state index in [1.807, 2.05) is 4.57 Å². The van der Waals surface area contributed by atoms with Crippen LogP contribution in [0.25, 0.3) is 10.9 Å². The van der Waals surface area contributed by atoms with Crippen molar-refractivity contribution in [1.29, 1.82) is 5.26 Å². The number of fused-ring (bicyclic) bond motifs is 2. The molecule has 5 rings (SSSR count). The van der Waals surface area contributed by atoms with Crippen LogP contribution in [0.4, 0.5) is 4.79 Å². The van der Waals surface area contributed by atoms with Crippen molar-refractivity contribution < 1.29 is 22.7 Å². The van der Waals surface area contributed by atoms with Gasteiger partial charge in [-0.05, 0) is 57.5 Å². The Morgan fingerprint density at radius 3 is 2.71 bits per heavy atom. The zero-order valence-electron chi connectivity index (χ0n) is 23.2. The van der Waals surface area contributed by atoms with E-state index in [4.69, 9.17) is 16.3 Å². The van der Waals surface area contributed by atoms with Crippen LogP contribution in [0.1, 0.15) is 38.7 Å². The van der Waals surface area contributed by atoms with E-state index in [2.05, 4.69) is 21.0 Å². The number of rotatable bonds is 7. The summed E-state index contributed by atoms with van der Waals surface area (Å²) < 4.78 is 40.6. The topological polar surface area (TPSA) is 157 Å². The maximum Gasteiger partial charge on any atom is 0.418 e. The number of nitriles is 1. The standard InChI is InChI=1S/C27H29ClN8O5S/c1-27(2,3)41-26(38)36-12-8-19-22(36)7-6-20(28)24(19)42(39,40)32-21(9-11-33-10-4-5-18(33)15-29)25(37)34-13-14-35-17-30-31-23(35)16-34/h4-8,10,12,17,21,32H,9,11,13-14,16H2,1-3H3. The van der Waals surface area contributed by atoms with Gasteiger partial charge in [-0.25, -0.2) is 13.2 Å². The predicted molar refractivity (Wildman–Crippen MR) is 152 cm³/mol. The van der Waals surface area contributed by atoms with E-state index in [1.165, 1.54) is 33.9 Å². The van der Waals surface area contributed by atoms with Crippen molar-refractivity contribution in [3.8, 4) is 6.07 Å². The highest BCUT2D eigenvalue weighted by atomic mass is 35.5. The van der Waals surface area contributed by atoms with Gasteiger partial charge in [0.1, 0.15) is 34.6 Å². The van der Waals surface area contributed by atoms with Gasteiger partial charge in [0, 0.05) is 37.4 Å². The van der Waals surface area contributed by atoms with Gasteiger partial charge >= 0.3 is 6.09 Å². The third-order valence-corrected chi connectivity index (χ3v) is 8.78. The number of ether oxygens (including phenoxy) is 1. The van der Waals surface area contributed by atoms with Crippen molar-refractivity contribution in [3.05, 3.63) is 65.6 Å². The summed E-state index contributed by atoms with van der Waals surface area (Å²) in [5.74, 6) is 0.137. The van der Waals surface area contributed by atoms with Crippen LogP contribution in [-0.4, -0.2) is 67.4 Å². The lowest BCUT2D eigenvalue weighted by Gasteiger charge is -2.31. The molecule has 0 bridgehead atoms. The number of amides is 1. The SMILES string of the molecule is CC(C)(C)OC(=O)n1ccc2c(S(=O)(=O)NC(CCn3cccc3C#N)C(=O)N3CCn4cnnc4C3)c(Cl)ccc21.